The fourth-order valence-electron chi connectivity index (χ4n) is 2.77. The minimum atomic E-state index is -0.000272. The second kappa shape index (κ2) is 5.87. The Morgan fingerprint density at radius 3 is 2.55 bits per heavy atom. The maximum Gasteiger partial charge on any atom is 0.164 e. The van der Waals surface area contributed by atoms with Gasteiger partial charge in [0.15, 0.2) is 5.78 Å². The molecule has 1 aromatic heterocycles. The first-order valence-electron chi connectivity index (χ1n) is 7.28. The Bertz CT molecular complexity index is 856. The van der Waals surface area contributed by atoms with Gasteiger partial charge < -0.3 is 4.57 Å². The third-order valence-corrected chi connectivity index (χ3v) is 3.91. The second-order valence-corrected chi connectivity index (χ2v) is 5.42. The molecule has 0 amide bonds. The van der Waals surface area contributed by atoms with Crippen LogP contribution in [0, 0.1) is 11.3 Å². The summed E-state index contributed by atoms with van der Waals surface area (Å²) in [6, 6.07) is 19.3. The van der Waals surface area contributed by atoms with Crippen molar-refractivity contribution in [3.63, 3.8) is 0 Å². The Hall–Kier alpha value is -2.86. The molecule has 2 aromatic carbocycles. The Morgan fingerprint density at radius 2 is 1.82 bits per heavy atom. The van der Waals surface area contributed by atoms with Gasteiger partial charge in [-0.2, -0.15) is 5.26 Å². The molecule has 3 heteroatoms. The Kier molecular flexibility index (Phi) is 3.76. The van der Waals surface area contributed by atoms with E-state index in [-0.39, 0.29) is 11.8 Å². The van der Waals surface area contributed by atoms with Crippen molar-refractivity contribution in [3.8, 4) is 6.07 Å². The van der Waals surface area contributed by atoms with Gasteiger partial charge in [-0.25, -0.2) is 0 Å². The van der Waals surface area contributed by atoms with Gasteiger partial charge in [-0.3, -0.25) is 4.79 Å². The minimum absolute atomic E-state index is 0.000272. The average Bonchev–Trinajstić information content (AvgIpc) is 2.94. The summed E-state index contributed by atoms with van der Waals surface area (Å²) >= 11 is 0. The van der Waals surface area contributed by atoms with Gasteiger partial charge in [-0.1, -0.05) is 48.5 Å². The fraction of sp³-hybridized carbons (Fsp3) is 0.158. The van der Waals surface area contributed by atoms with E-state index in [2.05, 4.69) is 6.07 Å². The Labute approximate surface area is 129 Å². The predicted octanol–water partition coefficient (Wildman–Crippen LogP) is 4.35. The summed E-state index contributed by atoms with van der Waals surface area (Å²) in [5.41, 5.74) is 2.37. The third-order valence-electron chi connectivity index (χ3n) is 3.91. The monoisotopic (exact) mass is 288 g/mol. The standard InChI is InChI=1S/C19H16N2O/c1-14(11-19(22)15-7-3-2-4-8-15)21-13-16(12-20)17-9-5-6-10-18(17)21/h2-10,13-14H,11H2,1H3. The molecule has 0 aliphatic heterocycles. The zero-order chi connectivity index (χ0) is 15.5. The number of benzene rings is 2. The van der Waals surface area contributed by atoms with Crippen LogP contribution in [-0.4, -0.2) is 10.4 Å². The van der Waals surface area contributed by atoms with Crippen LogP contribution < -0.4 is 0 Å². The molecule has 3 nitrogen and oxygen atoms in total. The van der Waals surface area contributed by atoms with Crippen molar-refractivity contribution in [3.05, 3.63) is 71.9 Å². The zero-order valence-electron chi connectivity index (χ0n) is 12.4. The van der Waals surface area contributed by atoms with Gasteiger partial charge in [0, 0.05) is 35.1 Å². The molecule has 0 aliphatic carbocycles. The van der Waals surface area contributed by atoms with Gasteiger partial charge in [-0.15, -0.1) is 0 Å². The average molecular weight is 288 g/mol. The molecule has 0 spiro atoms. The normalized spacial score (nSPS) is 12.0. The first-order chi connectivity index (χ1) is 10.7. The van der Waals surface area contributed by atoms with Crippen LogP contribution in [0.4, 0.5) is 0 Å². The Morgan fingerprint density at radius 1 is 1.14 bits per heavy atom. The van der Waals surface area contributed by atoms with Crippen molar-refractivity contribution >= 4 is 16.7 Å². The van der Waals surface area contributed by atoms with Crippen LogP contribution >= 0.6 is 0 Å². The SMILES string of the molecule is CC(CC(=O)c1ccccc1)n1cc(C#N)c2ccccc21. The van der Waals surface area contributed by atoms with Gasteiger partial charge in [-0.05, 0) is 13.0 Å². The molecule has 0 bridgehead atoms. The largest absolute Gasteiger partial charge is 0.343 e. The summed E-state index contributed by atoms with van der Waals surface area (Å²) in [6.07, 6.45) is 2.25. The van der Waals surface area contributed by atoms with E-state index in [1.807, 2.05) is 72.3 Å². The molecule has 1 heterocycles. The van der Waals surface area contributed by atoms with Crippen LogP contribution in [0.2, 0.25) is 0 Å². The van der Waals surface area contributed by atoms with E-state index < -0.39 is 0 Å². The van der Waals surface area contributed by atoms with Gasteiger partial charge in [0.1, 0.15) is 6.07 Å². The molecule has 0 aliphatic rings. The van der Waals surface area contributed by atoms with Crippen molar-refractivity contribution < 1.29 is 4.79 Å². The summed E-state index contributed by atoms with van der Waals surface area (Å²) in [6.45, 7) is 2.01. The second-order valence-electron chi connectivity index (χ2n) is 5.42. The molecule has 1 unspecified atom stereocenters. The highest BCUT2D eigenvalue weighted by Gasteiger charge is 2.16. The maximum absolute atomic E-state index is 12.4. The number of Topliss-reactive ketones (excluding diaryl/α,β-unsaturated/α-hetero) is 1. The lowest BCUT2D eigenvalue weighted by Crippen LogP contribution is -2.10. The van der Waals surface area contributed by atoms with E-state index >= 15 is 0 Å². The molecule has 0 radical (unpaired) electrons. The van der Waals surface area contributed by atoms with Crippen LogP contribution in [0.15, 0.2) is 60.8 Å². The van der Waals surface area contributed by atoms with E-state index in [1.165, 1.54) is 0 Å². The summed E-state index contributed by atoms with van der Waals surface area (Å²) in [5, 5.41) is 10.2. The minimum Gasteiger partial charge on any atom is -0.343 e. The van der Waals surface area contributed by atoms with Crippen LogP contribution in [0.1, 0.15) is 35.3 Å². The smallest absolute Gasteiger partial charge is 0.164 e. The number of aromatic nitrogens is 1. The van der Waals surface area contributed by atoms with Gasteiger partial charge in [0.05, 0.1) is 5.56 Å². The quantitative estimate of drug-likeness (QED) is 0.670. The lowest BCUT2D eigenvalue weighted by atomic mass is 10.0. The molecule has 108 valence electrons. The van der Waals surface area contributed by atoms with Crippen LogP contribution in [0.5, 0.6) is 0 Å². The number of hydrogen-bond donors (Lipinski definition) is 0. The molecule has 0 fully saturated rings. The van der Waals surface area contributed by atoms with E-state index in [0.29, 0.717) is 12.0 Å². The number of hydrogen-bond acceptors (Lipinski definition) is 2. The molecule has 22 heavy (non-hydrogen) atoms. The molecule has 0 saturated carbocycles. The third kappa shape index (κ3) is 2.51. The summed E-state index contributed by atoms with van der Waals surface area (Å²) in [4.78, 5) is 12.4. The first-order valence-corrected chi connectivity index (χ1v) is 7.28. The highest BCUT2D eigenvalue weighted by molar-refractivity contribution is 5.96. The topological polar surface area (TPSA) is 45.8 Å². The van der Waals surface area contributed by atoms with E-state index in [1.54, 1.807) is 0 Å². The maximum atomic E-state index is 12.4. The molecule has 3 aromatic rings. The van der Waals surface area contributed by atoms with Gasteiger partial charge in [0.2, 0.25) is 0 Å². The summed E-state index contributed by atoms with van der Waals surface area (Å²) < 4.78 is 2.02. The van der Waals surface area contributed by atoms with Crippen LogP contribution in [0.25, 0.3) is 10.9 Å². The van der Waals surface area contributed by atoms with Crippen LogP contribution in [0.3, 0.4) is 0 Å². The molecule has 1 atom stereocenters. The highest BCUT2D eigenvalue weighted by Crippen LogP contribution is 2.26. The van der Waals surface area contributed by atoms with E-state index in [9.17, 15) is 10.1 Å². The zero-order valence-corrected chi connectivity index (χ0v) is 12.4. The number of para-hydroxylation sites is 1. The number of nitrogens with zero attached hydrogens (tertiary/aromatic N) is 2. The van der Waals surface area contributed by atoms with Crippen molar-refractivity contribution in [2.45, 2.75) is 19.4 Å². The lowest BCUT2D eigenvalue weighted by Gasteiger charge is -2.14. The first kappa shape index (κ1) is 14.1. The van der Waals surface area contributed by atoms with Gasteiger partial charge >= 0.3 is 0 Å². The fourth-order valence-corrected chi connectivity index (χ4v) is 2.77. The number of fused-ring (bicyclic) bond motifs is 1. The number of carbonyl (C=O) groups is 1. The van der Waals surface area contributed by atoms with Crippen molar-refractivity contribution in [2.24, 2.45) is 0 Å². The molecule has 0 saturated heterocycles. The number of ketones is 1. The number of rotatable bonds is 4. The lowest BCUT2D eigenvalue weighted by molar-refractivity contribution is 0.0967. The highest BCUT2D eigenvalue weighted by atomic mass is 16.1. The van der Waals surface area contributed by atoms with E-state index in [4.69, 9.17) is 0 Å². The molecular weight excluding hydrogens is 272 g/mol. The van der Waals surface area contributed by atoms with Crippen molar-refractivity contribution in [1.29, 1.82) is 5.26 Å². The molecule has 3 rings (SSSR count). The van der Waals surface area contributed by atoms with E-state index in [0.717, 1.165) is 16.5 Å². The predicted molar refractivity (Wildman–Crippen MR) is 86.8 cm³/mol. The van der Waals surface area contributed by atoms with Gasteiger partial charge in [0.25, 0.3) is 0 Å². The Balaban J connectivity index is 1.92. The summed E-state index contributed by atoms with van der Waals surface area (Å²) in [5.74, 6) is 0.115. The number of carbonyl (C=O) groups excluding carboxylic acids is 1. The number of nitriles is 1. The molecular formula is C19H16N2O. The van der Waals surface area contributed by atoms with Crippen LogP contribution in [-0.2, 0) is 0 Å². The van der Waals surface area contributed by atoms with Crippen molar-refractivity contribution in [1.82, 2.24) is 4.57 Å². The van der Waals surface area contributed by atoms with Crippen molar-refractivity contribution in [2.75, 3.05) is 0 Å². The summed E-state index contributed by atoms with van der Waals surface area (Å²) in [7, 11) is 0. The molecule has 0 N–H and O–H groups in total.